The minimum Gasteiger partial charge on any atom is -0.324 e. The molecule has 0 saturated carbocycles. The van der Waals surface area contributed by atoms with Crippen LogP contribution >= 0.6 is 0 Å². The van der Waals surface area contributed by atoms with Gasteiger partial charge in [0, 0.05) is 5.69 Å². The van der Waals surface area contributed by atoms with E-state index in [1.54, 1.807) is 24.3 Å². The summed E-state index contributed by atoms with van der Waals surface area (Å²) in [6.45, 7) is 2.72. The molecule has 152 valence electrons. The second kappa shape index (κ2) is 7.57. The smallest absolute Gasteiger partial charge is 0.324 e. The average molecular weight is 405 g/mol. The predicted molar refractivity (Wildman–Crippen MR) is 100 cm³/mol. The van der Waals surface area contributed by atoms with Crippen LogP contribution in [0, 0.1) is 6.92 Å². The van der Waals surface area contributed by atoms with Crippen molar-refractivity contribution in [2.24, 2.45) is 0 Å². The maximum atomic E-state index is 13.1. The lowest BCUT2D eigenvalue weighted by Gasteiger charge is -2.19. The summed E-state index contributed by atoms with van der Waals surface area (Å²) in [5.74, 6) is -1.50. The summed E-state index contributed by atoms with van der Waals surface area (Å²) in [5.41, 5.74) is 0.0142. The molecule has 1 fully saturated rings. The highest BCUT2D eigenvalue weighted by Gasteiger charge is 2.44. The molecule has 2 aromatic rings. The first-order chi connectivity index (χ1) is 13.6. The molecule has 0 unspecified atom stereocenters. The number of nitrogens with one attached hydrogen (secondary N) is 1. The van der Waals surface area contributed by atoms with Gasteiger partial charge in [0.25, 0.3) is 5.91 Å². The van der Waals surface area contributed by atoms with Gasteiger partial charge < -0.3 is 5.32 Å². The molecule has 1 aliphatic heterocycles. The Morgan fingerprint density at radius 2 is 1.69 bits per heavy atom. The van der Waals surface area contributed by atoms with Gasteiger partial charge in [0.1, 0.15) is 12.6 Å². The topological polar surface area (TPSA) is 69.7 Å². The van der Waals surface area contributed by atoms with E-state index in [1.165, 1.54) is 24.0 Å². The van der Waals surface area contributed by atoms with Crippen LogP contribution in [0.2, 0.25) is 0 Å². The molecule has 1 aliphatic rings. The largest absolute Gasteiger partial charge is 0.418 e. The Hall–Kier alpha value is -3.36. The van der Waals surface area contributed by atoms with Crippen molar-refractivity contribution in [2.45, 2.75) is 26.1 Å². The molecule has 0 spiro atoms. The number of carbonyl (C=O) groups is 3. The van der Waals surface area contributed by atoms with E-state index in [2.05, 4.69) is 5.32 Å². The fraction of sp³-hybridized carbons (Fsp3) is 0.250. The summed E-state index contributed by atoms with van der Waals surface area (Å²) >= 11 is 0. The van der Waals surface area contributed by atoms with Crippen LogP contribution in [0.1, 0.15) is 18.1 Å². The van der Waals surface area contributed by atoms with Crippen molar-refractivity contribution in [3.63, 3.8) is 0 Å². The van der Waals surface area contributed by atoms with Crippen LogP contribution < -0.4 is 10.2 Å². The first-order valence-electron chi connectivity index (χ1n) is 8.77. The summed E-state index contributed by atoms with van der Waals surface area (Å²) in [4.78, 5) is 39.5. The molecule has 29 heavy (non-hydrogen) atoms. The van der Waals surface area contributed by atoms with Crippen molar-refractivity contribution in [1.29, 1.82) is 0 Å². The molecule has 6 nitrogen and oxygen atoms in total. The van der Waals surface area contributed by atoms with Gasteiger partial charge >= 0.3 is 12.2 Å². The zero-order valence-corrected chi connectivity index (χ0v) is 15.7. The van der Waals surface area contributed by atoms with Crippen LogP contribution in [0.3, 0.4) is 0 Å². The van der Waals surface area contributed by atoms with Crippen molar-refractivity contribution in [3.8, 4) is 0 Å². The van der Waals surface area contributed by atoms with Gasteiger partial charge in [-0.05, 0) is 38.1 Å². The molecule has 1 saturated heterocycles. The number of urea groups is 1. The van der Waals surface area contributed by atoms with E-state index in [4.69, 9.17) is 0 Å². The molecular formula is C20H18F3N3O3. The van der Waals surface area contributed by atoms with Crippen molar-refractivity contribution in [1.82, 2.24) is 4.90 Å². The van der Waals surface area contributed by atoms with Gasteiger partial charge in [-0.2, -0.15) is 13.2 Å². The number of rotatable bonds is 4. The van der Waals surface area contributed by atoms with E-state index in [1.807, 2.05) is 6.92 Å². The summed E-state index contributed by atoms with van der Waals surface area (Å²) in [5, 5.41) is 2.14. The minimum atomic E-state index is -4.65. The number of alkyl halides is 3. The highest BCUT2D eigenvalue weighted by molar-refractivity contribution is 6.16. The number of para-hydroxylation sites is 1. The van der Waals surface area contributed by atoms with E-state index in [-0.39, 0.29) is 0 Å². The Morgan fingerprint density at radius 3 is 2.31 bits per heavy atom. The fourth-order valence-corrected chi connectivity index (χ4v) is 3.08. The Morgan fingerprint density at radius 1 is 1.07 bits per heavy atom. The third-order valence-corrected chi connectivity index (χ3v) is 4.57. The number of anilines is 2. The summed E-state index contributed by atoms with van der Waals surface area (Å²) in [6.07, 6.45) is -4.65. The van der Waals surface area contributed by atoms with Gasteiger partial charge in [0.15, 0.2) is 0 Å². The number of aryl methyl sites for hydroxylation is 1. The van der Waals surface area contributed by atoms with Crippen LogP contribution in [-0.4, -0.2) is 35.3 Å². The van der Waals surface area contributed by atoms with E-state index in [0.717, 1.165) is 22.6 Å². The number of hydrogen-bond donors (Lipinski definition) is 1. The second-order valence-corrected chi connectivity index (χ2v) is 6.68. The maximum Gasteiger partial charge on any atom is 0.418 e. The minimum absolute atomic E-state index is 0.437. The van der Waals surface area contributed by atoms with E-state index in [9.17, 15) is 27.6 Å². The highest BCUT2D eigenvalue weighted by Crippen LogP contribution is 2.34. The van der Waals surface area contributed by atoms with Crippen LogP contribution in [-0.2, 0) is 15.8 Å². The van der Waals surface area contributed by atoms with Gasteiger partial charge in [-0.15, -0.1) is 0 Å². The van der Waals surface area contributed by atoms with E-state index in [0.29, 0.717) is 5.69 Å². The number of halogens is 3. The lowest BCUT2D eigenvalue weighted by molar-refractivity contribution is -0.137. The van der Waals surface area contributed by atoms with Gasteiger partial charge in [-0.1, -0.05) is 29.8 Å². The monoisotopic (exact) mass is 405 g/mol. The molecule has 0 bridgehead atoms. The van der Waals surface area contributed by atoms with Gasteiger partial charge in [-0.3, -0.25) is 19.4 Å². The van der Waals surface area contributed by atoms with Gasteiger partial charge in [0.2, 0.25) is 5.91 Å². The standard InChI is InChI=1S/C20H18F3N3O3/c1-12-7-9-14(10-8-12)26-13(2)18(28)25(19(26)29)11-17(27)24-16-6-4-3-5-15(16)20(21,22)23/h3-10,13H,11H2,1-2H3,(H,24,27)/t13-/m1/s1. The molecule has 4 amide bonds. The first-order valence-corrected chi connectivity index (χ1v) is 8.77. The molecule has 1 N–H and O–H groups in total. The SMILES string of the molecule is Cc1ccc(N2C(=O)N(CC(=O)Nc3ccccc3C(F)(F)F)C(=O)[C@H]2C)cc1. The maximum absolute atomic E-state index is 13.1. The van der Waals surface area contributed by atoms with E-state index >= 15 is 0 Å². The summed E-state index contributed by atoms with van der Waals surface area (Å²) in [6, 6.07) is 9.88. The van der Waals surface area contributed by atoms with Gasteiger partial charge in [0.05, 0.1) is 11.3 Å². The number of carbonyl (C=O) groups excluding carboxylic acids is 3. The Bertz CT molecular complexity index is 957. The highest BCUT2D eigenvalue weighted by atomic mass is 19.4. The first kappa shape index (κ1) is 20.4. The Kier molecular flexibility index (Phi) is 5.32. The lowest BCUT2D eigenvalue weighted by Crippen LogP contribution is -2.39. The van der Waals surface area contributed by atoms with Crippen LogP contribution in [0.4, 0.5) is 29.3 Å². The Labute approximate surface area is 164 Å². The molecule has 9 heteroatoms. The number of amides is 4. The molecule has 1 heterocycles. The van der Waals surface area contributed by atoms with Gasteiger partial charge in [-0.25, -0.2) is 4.79 Å². The van der Waals surface area contributed by atoms with Crippen molar-refractivity contribution >= 4 is 29.2 Å². The third kappa shape index (κ3) is 4.08. The summed E-state index contributed by atoms with van der Waals surface area (Å²) in [7, 11) is 0. The van der Waals surface area contributed by atoms with E-state index < -0.39 is 47.9 Å². The molecule has 0 radical (unpaired) electrons. The molecule has 2 aromatic carbocycles. The quantitative estimate of drug-likeness (QED) is 0.787. The predicted octanol–water partition coefficient (Wildman–Crippen LogP) is 3.81. The summed E-state index contributed by atoms with van der Waals surface area (Å²) < 4.78 is 39.2. The molecular weight excluding hydrogens is 387 g/mol. The zero-order chi connectivity index (χ0) is 21.3. The molecule has 0 aromatic heterocycles. The second-order valence-electron chi connectivity index (χ2n) is 6.68. The van der Waals surface area contributed by atoms with Crippen LogP contribution in [0.25, 0.3) is 0 Å². The third-order valence-electron chi connectivity index (χ3n) is 4.57. The number of benzene rings is 2. The zero-order valence-electron chi connectivity index (χ0n) is 15.7. The number of imide groups is 1. The molecule has 1 atom stereocenters. The Balaban J connectivity index is 1.77. The van der Waals surface area contributed by atoms with Crippen LogP contribution in [0.5, 0.6) is 0 Å². The molecule has 3 rings (SSSR count). The van der Waals surface area contributed by atoms with Crippen LogP contribution in [0.15, 0.2) is 48.5 Å². The van der Waals surface area contributed by atoms with Crippen molar-refractivity contribution < 1.29 is 27.6 Å². The van der Waals surface area contributed by atoms with Crippen molar-refractivity contribution in [3.05, 3.63) is 59.7 Å². The average Bonchev–Trinajstić information content (AvgIpc) is 2.86. The lowest BCUT2D eigenvalue weighted by atomic mass is 10.1. The van der Waals surface area contributed by atoms with Crippen molar-refractivity contribution in [2.75, 3.05) is 16.8 Å². The molecule has 0 aliphatic carbocycles. The fourth-order valence-electron chi connectivity index (χ4n) is 3.08. The normalized spacial score (nSPS) is 17.1. The number of nitrogens with zero attached hydrogens (tertiary/aromatic N) is 2. The number of hydrogen-bond acceptors (Lipinski definition) is 3.